The number of nitrogens with zero attached hydrogens (tertiary/aromatic N) is 3. The zero-order valence-electron chi connectivity index (χ0n) is 12.9. The lowest BCUT2D eigenvalue weighted by Crippen LogP contribution is -2.06. The molecule has 2 N–H and O–H groups in total. The van der Waals surface area contributed by atoms with Crippen LogP contribution in [0, 0.1) is 11.6 Å². The van der Waals surface area contributed by atoms with Crippen LogP contribution in [0.3, 0.4) is 0 Å². The van der Waals surface area contributed by atoms with Crippen molar-refractivity contribution >= 4 is 11.8 Å². The van der Waals surface area contributed by atoms with E-state index in [0.29, 0.717) is 23.0 Å². The number of benzene rings is 1. The van der Waals surface area contributed by atoms with Gasteiger partial charge in [0, 0.05) is 43.7 Å². The van der Waals surface area contributed by atoms with Crippen molar-refractivity contribution in [2.45, 2.75) is 6.54 Å². The molecule has 24 heavy (non-hydrogen) atoms. The van der Waals surface area contributed by atoms with E-state index in [1.54, 1.807) is 25.5 Å². The van der Waals surface area contributed by atoms with Gasteiger partial charge < -0.3 is 10.6 Å². The van der Waals surface area contributed by atoms with Crippen LogP contribution >= 0.6 is 0 Å². The molecule has 0 aliphatic heterocycles. The highest BCUT2D eigenvalue weighted by Gasteiger charge is 2.07. The molecule has 0 atom stereocenters. The summed E-state index contributed by atoms with van der Waals surface area (Å²) in [5.74, 6) is -0.228. The second-order valence-corrected chi connectivity index (χ2v) is 5.08. The van der Waals surface area contributed by atoms with Crippen LogP contribution in [0.25, 0.3) is 11.3 Å². The minimum absolute atomic E-state index is 0.241. The highest BCUT2D eigenvalue weighted by atomic mass is 19.1. The van der Waals surface area contributed by atoms with Gasteiger partial charge in [0.15, 0.2) is 0 Å². The molecule has 0 bridgehead atoms. The molecule has 0 fully saturated rings. The smallest absolute Gasteiger partial charge is 0.224 e. The van der Waals surface area contributed by atoms with Gasteiger partial charge in [-0.25, -0.2) is 13.8 Å². The number of pyridine rings is 1. The number of aromatic nitrogens is 3. The normalized spacial score (nSPS) is 10.5. The van der Waals surface area contributed by atoms with E-state index in [4.69, 9.17) is 0 Å². The Labute approximate surface area is 137 Å². The van der Waals surface area contributed by atoms with Crippen molar-refractivity contribution in [1.82, 2.24) is 15.0 Å². The van der Waals surface area contributed by atoms with Crippen LogP contribution in [0.2, 0.25) is 0 Å². The Hall–Kier alpha value is -3.09. The summed E-state index contributed by atoms with van der Waals surface area (Å²) in [4.78, 5) is 12.7. The maximum atomic E-state index is 13.2. The van der Waals surface area contributed by atoms with E-state index in [1.807, 2.05) is 12.1 Å². The first-order chi connectivity index (χ1) is 11.6. The van der Waals surface area contributed by atoms with Gasteiger partial charge in [0.25, 0.3) is 0 Å². The quantitative estimate of drug-likeness (QED) is 0.751. The Bertz CT molecular complexity index is 819. The molecule has 3 aromatic rings. The van der Waals surface area contributed by atoms with Gasteiger partial charge in [0.2, 0.25) is 5.95 Å². The average molecular weight is 327 g/mol. The molecular formula is C17H15F2N5. The van der Waals surface area contributed by atoms with E-state index in [1.165, 1.54) is 12.1 Å². The second-order valence-electron chi connectivity index (χ2n) is 5.08. The molecule has 0 saturated heterocycles. The summed E-state index contributed by atoms with van der Waals surface area (Å²) in [6.07, 6.45) is 3.36. The Morgan fingerprint density at radius 2 is 1.67 bits per heavy atom. The first kappa shape index (κ1) is 15.8. The summed E-state index contributed by atoms with van der Waals surface area (Å²) in [5, 5.41) is 5.96. The maximum absolute atomic E-state index is 13.2. The van der Waals surface area contributed by atoms with E-state index in [9.17, 15) is 8.78 Å². The molecule has 0 amide bonds. The Morgan fingerprint density at radius 3 is 2.33 bits per heavy atom. The van der Waals surface area contributed by atoms with Crippen LogP contribution in [0.1, 0.15) is 5.56 Å². The standard InChI is InChI=1S/C17H15F2N5/c1-20-17-23-15(12-2-4-21-5-3-12)9-16(24-17)22-10-11-6-13(18)8-14(19)7-11/h2-9H,10H2,1H3,(H2,20,22,23,24). The summed E-state index contributed by atoms with van der Waals surface area (Å²) >= 11 is 0. The third-order valence-corrected chi connectivity index (χ3v) is 3.32. The minimum Gasteiger partial charge on any atom is -0.366 e. The van der Waals surface area contributed by atoms with Crippen molar-refractivity contribution in [3.05, 3.63) is 66.0 Å². The monoisotopic (exact) mass is 327 g/mol. The highest BCUT2D eigenvalue weighted by molar-refractivity contribution is 5.63. The molecule has 1 aromatic carbocycles. The van der Waals surface area contributed by atoms with Crippen molar-refractivity contribution in [3.63, 3.8) is 0 Å². The lowest BCUT2D eigenvalue weighted by molar-refractivity contribution is 0.580. The van der Waals surface area contributed by atoms with Gasteiger partial charge in [-0.05, 0) is 29.8 Å². The lowest BCUT2D eigenvalue weighted by atomic mass is 10.2. The Balaban J connectivity index is 1.85. The fourth-order valence-electron chi connectivity index (χ4n) is 2.23. The molecule has 3 rings (SSSR count). The molecule has 0 saturated carbocycles. The summed E-state index contributed by atoms with van der Waals surface area (Å²) in [7, 11) is 1.72. The topological polar surface area (TPSA) is 62.7 Å². The number of rotatable bonds is 5. The van der Waals surface area contributed by atoms with Crippen LogP contribution in [0.4, 0.5) is 20.5 Å². The van der Waals surface area contributed by atoms with Crippen LogP contribution < -0.4 is 10.6 Å². The van der Waals surface area contributed by atoms with Gasteiger partial charge in [-0.2, -0.15) is 4.98 Å². The van der Waals surface area contributed by atoms with Gasteiger partial charge in [0.1, 0.15) is 17.5 Å². The summed E-state index contributed by atoms with van der Waals surface area (Å²) in [6, 6.07) is 8.85. The molecule has 0 unspecified atom stereocenters. The second kappa shape index (κ2) is 6.99. The maximum Gasteiger partial charge on any atom is 0.224 e. The van der Waals surface area contributed by atoms with Crippen molar-refractivity contribution < 1.29 is 8.78 Å². The molecule has 5 nitrogen and oxygen atoms in total. The molecule has 0 spiro atoms. The van der Waals surface area contributed by atoms with E-state index < -0.39 is 11.6 Å². The van der Waals surface area contributed by atoms with Crippen molar-refractivity contribution in [2.24, 2.45) is 0 Å². The Morgan fingerprint density at radius 1 is 0.958 bits per heavy atom. The van der Waals surface area contributed by atoms with Crippen LogP contribution in [0.15, 0.2) is 48.8 Å². The molecule has 2 heterocycles. The Kier molecular flexibility index (Phi) is 4.60. The molecule has 122 valence electrons. The third-order valence-electron chi connectivity index (χ3n) is 3.32. The zero-order valence-corrected chi connectivity index (χ0v) is 12.9. The van der Waals surface area contributed by atoms with Crippen LogP contribution in [0.5, 0.6) is 0 Å². The first-order valence-electron chi connectivity index (χ1n) is 7.30. The highest BCUT2D eigenvalue weighted by Crippen LogP contribution is 2.21. The van der Waals surface area contributed by atoms with E-state index in [-0.39, 0.29) is 6.54 Å². The van der Waals surface area contributed by atoms with Crippen molar-refractivity contribution in [2.75, 3.05) is 17.7 Å². The number of anilines is 2. The van der Waals surface area contributed by atoms with Gasteiger partial charge in [0.05, 0.1) is 5.69 Å². The number of nitrogens with one attached hydrogen (secondary N) is 2. The van der Waals surface area contributed by atoms with E-state index in [2.05, 4.69) is 25.6 Å². The average Bonchev–Trinajstić information content (AvgIpc) is 2.59. The van der Waals surface area contributed by atoms with Gasteiger partial charge in [-0.1, -0.05) is 0 Å². The van der Waals surface area contributed by atoms with E-state index >= 15 is 0 Å². The molecule has 0 radical (unpaired) electrons. The summed E-state index contributed by atoms with van der Waals surface area (Å²) in [5.41, 5.74) is 2.09. The van der Waals surface area contributed by atoms with Gasteiger partial charge in [-0.3, -0.25) is 4.98 Å². The molecular weight excluding hydrogens is 312 g/mol. The zero-order chi connectivity index (χ0) is 16.9. The molecule has 2 aromatic heterocycles. The summed E-state index contributed by atoms with van der Waals surface area (Å²) < 4.78 is 26.5. The fraction of sp³-hybridized carbons (Fsp3) is 0.118. The lowest BCUT2D eigenvalue weighted by Gasteiger charge is -2.10. The van der Waals surface area contributed by atoms with Gasteiger partial charge >= 0.3 is 0 Å². The minimum atomic E-state index is -0.608. The molecule has 0 aliphatic rings. The number of halogens is 2. The molecule has 0 aliphatic carbocycles. The predicted octanol–water partition coefficient (Wildman–Crippen LogP) is 3.47. The van der Waals surface area contributed by atoms with Crippen LogP contribution in [-0.4, -0.2) is 22.0 Å². The predicted molar refractivity (Wildman–Crippen MR) is 88.5 cm³/mol. The van der Waals surface area contributed by atoms with Crippen molar-refractivity contribution in [1.29, 1.82) is 0 Å². The van der Waals surface area contributed by atoms with E-state index in [0.717, 1.165) is 11.6 Å². The third kappa shape index (κ3) is 3.81. The molecule has 7 heteroatoms. The van der Waals surface area contributed by atoms with Gasteiger partial charge in [-0.15, -0.1) is 0 Å². The number of hydrogen-bond donors (Lipinski definition) is 2. The largest absolute Gasteiger partial charge is 0.366 e. The number of hydrogen-bond acceptors (Lipinski definition) is 5. The van der Waals surface area contributed by atoms with Crippen molar-refractivity contribution in [3.8, 4) is 11.3 Å². The first-order valence-corrected chi connectivity index (χ1v) is 7.30. The van der Waals surface area contributed by atoms with Crippen LogP contribution in [-0.2, 0) is 6.54 Å². The SMILES string of the molecule is CNc1nc(NCc2cc(F)cc(F)c2)cc(-c2ccncc2)n1. The fourth-order valence-corrected chi connectivity index (χ4v) is 2.23. The summed E-state index contributed by atoms with van der Waals surface area (Å²) in [6.45, 7) is 0.241.